The first-order valence-corrected chi connectivity index (χ1v) is 7.17. The zero-order valence-electron chi connectivity index (χ0n) is 12.5. The molecule has 1 aromatic rings. The number of hydrogen-bond acceptors (Lipinski definition) is 3. The summed E-state index contributed by atoms with van der Waals surface area (Å²) in [4.78, 5) is 36.0. The summed E-state index contributed by atoms with van der Waals surface area (Å²) in [6.07, 6.45) is 0.714. The van der Waals surface area contributed by atoms with Crippen LogP contribution in [0, 0.1) is 0 Å². The third-order valence-corrected chi connectivity index (χ3v) is 3.30. The maximum absolute atomic E-state index is 11.8. The highest BCUT2D eigenvalue weighted by Crippen LogP contribution is 2.17. The summed E-state index contributed by atoms with van der Waals surface area (Å²) in [5, 5.41) is 12.2. The first kappa shape index (κ1) is 18.0. The van der Waals surface area contributed by atoms with Crippen LogP contribution in [-0.4, -0.2) is 41.9 Å². The number of halogens is 1. The van der Waals surface area contributed by atoms with E-state index in [0.29, 0.717) is 17.0 Å². The first-order valence-electron chi connectivity index (χ1n) is 6.79. The highest BCUT2D eigenvalue weighted by molar-refractivity contribution is 6.30. The topological polar surface area (TPSA) is 86.7 Å². The zero-order valence-corrected chi connectivity index (χ0v) is 13.3. The van der Waals surface area contributed by atoms with Gasteiger partial charge in [0.1, 0.15) is 0 Å². The van der Waals surface area contributed by atoms with Crippen LogP contribution in [-0.2, 0) is 14.4 Å². The minimum absolute atomic E-state index is 0.0692. The Morgan fingerprint density at radius 1 is 1.18 bits per heavy atom. The van der Waals surface area contributed by atoms with Crippen LogP contribution in [0.25, 0.3) is 0 Å². The molecular formula is C15H19ClN2O4. The number of aliphatic carboxylic acids is 1. The van der Waals surface area contributed by atoms with E-state index >= 15 is 0 Å². The van der Waals surface area contributed by atoms with Crippen LogP contribution >= 0.6 is 11.6 Å². The number of carboxylic acids is 1. The van der Waals surface area contributed by atoms with Crippen LogP contribution in [0.2, 0.25) is 5.02 Å². The average Bonchev–Trinajstić information content (AvgIpc) is 2.45. The Morgan fingerprint density at radius 2 is 1.77 bits per heavy atom. The van der Waals surface area contributed by atoms with Gasteiger partial charge in [-0.1, -0.05) is 23.7 Å². The maximum Gasteiger partial charge on any atom is 0.330 e. The minimum atomic E-state index is -1.15. The molecule has 22 heavy (non-hydrogen) atoms. The number of carbonyl (C=O) groups excluding carboxylic acids is 2. The summed E-state index contributed by atoms with van der Waals surface area (Å²) >= 11 is 5.75. The quantitative estimate of drug-likeness (QED) is 0.800. The number of carboxylic acid groups (broad SMARTS) is 1. The van der Waals surface area contributed by atoms with Gasteiger partial charge in [0.25, 0.3) is 0 Å². The predicted octanol–water partition coefficient (Wildman–Crippen LogP) is 1.84. The van der Waals surface area contributed by atoms with Gasteiger partial charge in [-0.05, 0) is 24.1 Å². The Kier molecular flexibility index (Phi) is 6.85. The number of nitrogens with zero attached hydrogens (tertiary/aromatic N) is 1. The Morgan fingerprint density at radius 3 is 2.27 bits per heavy atom. The lowest BCUT2D eigenvalue weighted by atomic mass is 10.1. The summed E-state index contributed by atoms with van der Waals surface area (Å²) in [6, 6.07) is 5.10. The molecule has 6 nitrogen and oxygen atoms in total. The van der Waals surface area contributed by atoms with Gasteiger partial charge in [0.2, 0.25) is 11.8 Å². The minimum Gasteiger partial charge on any atom is -0.479 e. The molecule has 0 heterocycles. The van der Waals surface area contributed by atoms with Crippen LogP contribution in [0.3, 0.4) is 0 Å². The van der Waals surface area contributed by atoms with Gasteiger partial charge in [-0.15, -0.1) is 0 Å². The molecular weight excluding hydrogens is 308 g/mol. The predicted molar refractivity (Wildman–Crippen MR) is 82.5 cm³/mol. The van der Waals surface area contributed by atoms with Crippen molar-refractivity contribution in [3.63, 3.8) is 0 Å². The molecule has 0 saturated carbocycles. The third kappa shape index (κ3) is 5.73. The zero-order chi connectivity index (χ0) is 16.7. The van der Waals surface area contributed by atoms with E-state index in [1.807, 2.05) is 0 Å². The standard InChI is InChI=1S/C15H19ClN2O4/c1-18(2)13(20)5-3-4-12(19)17-14(15(21)22)10-6-8-11(16)9-7-10/h6-9,14H,3-5H2,1-2H3,(H,17,19)(H,21,22). The molecule has 120 valence electrons. The van der Waals surface area contributed by atoms with Crippen molar-refractivity contribution >= 4 is 29.4 Å². The second kappa shape index (κ2) is 8.38. The molecule has 1 rings (SSSR count). The Bertz CT molecular complexity index is 543. The van der Waals surface area contributed by atoms with Gasteiger partial charge in [0.05, 0.1) is 0 Å². The van der Waals surface area contributed by atoms with Gasteiger partial charge in [0, 0.05) is 32.0 Å². The van der Waals surface area contributed by atoms with Crippen LogP contribution < -0.4 is 5.32 Å². The van der Waals surface area contributed by atoms with Crippen LogP contribution in [0.1, 0.15) is 30.9 Å². The molecule has 0 aliphatic heterocycles. The largest absolute Gasteiger partial charge is 0.479 e. The molecule has 2 amide bonds. The molecule has 2 N–H and O–H groups in total. The van der Waals surface area contributed by atoms with Crippen molar-refractivity contribution < 1.29 is 19.5 Å². The van der Waals surface area contributed by atoms with Gasteiger partial charge in [-0.2, -0.15) is 0 Å². The summed E-state index contributed by atoms with van der Waals surface area (Å²) in [6.45, 7) is 0. The van der Waals surface area contributed by atoms with E-state index in [2.05, 4.69) is 5.32 Å². The molecule has 0 fully saturated rings. The van der Waals surface area contributed by atoms with Crippen LogP contribution in [0.15, 0.2) is 24.3 Å². The number of carbonyl (C=O) groups is 3. The lowest BCUT2D eigenvalue weighted by Gasteiger charge is -2.15. The highest BCUT2D eigenvalue weighted by atomic mass is 35.5. The van der Waals surface area contributed by atoms with Crippen molar-refractivity contribution in [1.82, 2.24) is 10.2 Å². The van der Waals surface area contributed by atoms with E-state index < -0.39 is 17.9 Å². The Labute approximate surface area is 134 Å². The maximum atomic E-state index is 11.8. The number of amides is 2. The van der Waals surface area contributed by atoms with Gasteiger partial charge >= 0.3 is 5.97 Å². The molecule has 1 atom stereocenters. The number of rotatable bonds is 7. The van der Waals surface area contributed by atoms with Crippen molar-refractivity contribution in [2.24, 2.45) is 0 Å². The second-order valence-corrected chi connectivity index (χ2v) is 5.47. The van der Waals surface area contributed by atoms with Crippen molar-refractivity contribution in [1.29, 1.82) is 0 Å². The van der Waals surface area contributed by atoms with Gasteiger partial charge in [0.15, 0.2) is 6.04 Å². The summed E-state index contributed by atoms with van der Waals surface area (Å²) in [7, 11) is 3.28. The first-order chi connectivity index (χ1) is 10.3. The van der Waals surface area contributed by atoms with Crippen LogP contribution in [0.5, 0.6) is 0 Å². The van der Waals surface area contributed by atoms with E-state index in [9.17, 15) is 19.5 Å². The van der Waals surface area contributed by atoms with Gasteiger partial charge < -0.3 is 15.3 Å². The van der Waals surface area contributed by atoms with E-state index in [0.717, 1.165) is 0 Å². The second-order valence-electron chi connectivity index (χ2n) is 5.03. The van der Waals surface area contributed by atoms with Gasteiger partial charge in [-0.3, -0.25) is 9.59 Å². The van der Waals surface area contributed by atoms with Crippen molar-refractivity contribution in [3.05, 3.63) is 34.9 Å². The van der Waals surface area contributed by atoms with E-state index in [1.165, 1.54) is 4.90 Å². The molecule has 0 aromatic heterocycles. The molecule has 0 radical (unpaired) electrons. The molecule has 1 aromatic carbocycles. The Balaban J connectivity index is 2.57. The van der Waals surface area contributed by atoms with E-state index in [4.69, 9.17) is 11.6 Å². The summed E-state index contributed by atoms with van der Waals surface area (Å²) in [5.41, 5.74) is 0.439. The number of hydrogen-bond donors (Lipinski definition) is 2. The molecule has 0 aliphatic rings. The van der Waals surface area contributed by atoms with Gasteiger partial charge in [-0.25, -0.2) is 4.79 Å². The lowest BCUT2D eigenvalue weighted by Crippen LogP contribution is -2.33. The average molecular weight is 327 g/mol. The molecule has 0 aliphatic carbocycles. The fourth-order valence-electron chi connectivity index (χ4n) is 1.80. The fraction of sp³-hybridized carbons (Fsp3) is 0.400. The summed E-state index contributed by atoms with van der Waals surface area (Å²) in [5.74, 6) is -1.63. The number of benzene rings is 1. The normalized spacial score (nSPS) is 11.6. The molecule has 1 unspecified atom stereocenters. The van der Waals surface area contributed by atoms with Crippen molar-refractivity contribution in [2.45, 2.75) is 25.3 Å². The van der Waals surface area contributed by atoms with Crippen LogP contribution in [0.4, 0.5) is 0 Å². The summed E-state index contributed by atoms with van der Waals surface area (Å²) < 4.78 is 0. The third-order valence-electron chi connectivity index (χ3n) is 3.05. The SMILES string of the molecule is CN(C)C(=O)CCCC(=O)NC(C(=O)O)c1ccc(Cl)cc1. The fourth-order valence-corrected chi connectivity index (χ4v) is 1.93. The monoisotopic (exact) mass is 326 g/mol. The van der Waals surface area contributed by atoms with E-state index in [-0.39, 0.29) is 18.7 Å². The lowest BCUT2D eigenvalue weighted by molar-refractivity contribution is -0.142. The molecule has 0 bridgehead atoms. The smallest absolute Gasteiger partial charge is 0.330 e. The molecule has 0 spiro atoms. The van der Waals surface area contributed by atoms with Crippen molar-refractivity contribution in [2.75, 3.05) is 14.1 Å². The van der Waals surface area contributed by atoms with E-state index in [1.54, 1.807) is 38.4 Å². The van der Waals surface area contributed by atoms with Crippen molar-refractivity contribution in [3.8, 4) is 0 Å². The Hall–Kier alpha value is -2.08. The molecule has 7 heteroatoms. The highest BCUT2D eigenvalue weighted by Gasteiger charge is 2.21. The number of nitrogens with one attached hydrogen (secondary N) is 1. The molecule has 0 saturated heterocycles.